The van der Waals surface area contributed by atoms with Gasteiger partial charge >= 0.3 is 0 Å². The van der Waals surface area contributed by atoms with Crippen LogP contribution >= 0.6 is 0 Å². The van der Waals surface area contributed by atoms with Crippen molar-refractivity contribution in [1.82, 2.24) is 0 Å². The average molecular weight is 410 g/mol. The van der Waals surface area contributed by atoms with E-state index in [1.807, 2.05) is 43.3 Å². The SMILES string of the molecule is CC1(C(=O)Nc2ccc(C[N+](C)(C)C3CCOCC3)cc2)COc2ccccc2C1. The summed E-state index contributed by atoms with van der Waals surface area (Å²) in [6.07, 6.45) is 2.92. The third-order valence-electron chi connectivity index (χ3n) is 6.63. The number of nitrogens with one attached hydrogen (secondary N) is 1. The molecule has 5 heteroatoms. The fourth-order valence-corrected chi connectivity index (χ4v) is 4.60. The van der Waals surface area contributed by atoms with Crippen molar-refractivity contribution in [3.8, 4) is 5.75 Å². The van der Waals surface area contributed by atoms with Crippen molar-refractivity contribution >= 4 is 11.6 Å². The van der Waals surface area contributed by atoms with Crippen LogP contribution in [0.25, 0.3) is 0 Å². The molecule has 2 aliphatic rings. The van der Waals surface area contributed by atoms with Crippen molar-refractivity contribution in [2.75, 3.05) is 39.2 Å². The van der Waals surface area contributed by atoms with Gasteiger partial charge in [0.2, 0.25) is 5.91 Å². The van der Waals surface area contributed by atoms with Gasteiger partial charge in [0.05, 0.1) is 38.8 Å². The van der Waals surface area contributed by atoms with Gasteiger partial charge in [0.15, 0.2) is 0 Å². The van der Waals surface area contributed by atoms with Gasteiger partial charge in [0, 0.05) is 24.1 Å². The maximum absolute atomic E-state index is 13.0. The first-order chi connectivity index (χ1) is 14.4. The Bertz CT molecular complexity index is 888. The molecule has 0 bridgehead atoms. The number of nitrogens with zero attached hydrogens (tertiary/aromatic N) is 1. The minimum absolute atomic E-state index is 0.00284. The topological polar surface area (TPSA) is 47.6 Å². The van der Waals surface area contributed by atoms with Crippen LogP contribution in [-0.4, -0.2) is 50.3 Å². The second-order valence-electron chi connectivity index (χ2n) is 9.57. The van der Waals surface area contributed by atoms with Crippen LogP contribution in [0.4, 0.5) is 5.69 Å². The Kier molecular flexibility index (Phi) is 5.85. The molecule has 1 saturated heterocycles. The summed E-state index contributed by atoms with van der Waals surface area (Å²) < 4.78 is 12.3. The molecular weight excluding hydrogens is 376 g/mol. The van der Waals surface area contributed by atoms with Gasteiger partial charge < -0.3 is 19.3 Å². The van der Waals surface area contributed by atoms with Crippen molar-refractivity contribution in [2.24, 2.45) is 5.41 Å². The van der Waals surface area contributed by atoms with Crippen LogP contribution in [0.15, 0.2) is 48.5 Å². The van der Waals surface area contributed by atoms with Crippen molar-refractivity contribution in [3.63, 3.8) is 0 Å². The summed E-state index contributed by atoms with van der Waals surface area (Å²) in [5.74, 6) is 0.889. The number of carbonyl (C=O) groups is 1. The zero-order valence-electron chi connectivity index (χ0n) is 18.3. The number of quaternary nitrogens is 1. The molecule has 1 atom stereocenters. The zero-order valence-corrected chi connectivity index (χ0v) is 18.3. The Hall–Kier alpha value is -2.37. The molecule has 30 heavy (non-hydrogen) atoms. The lowest BCUT2D eigenvalue weighted by Crippen LogP contribution is -2.50. The standard InChI is InChI=1S/C25H32N2O3/c1-25(16-20-6-4-5-7-23(20)30-18-25)24(28)26-21-10-8-19(9-11-21)17-27(2,3)22-12-14-29-15-13-22/h4-11,22H,12-18H2,1-3H3/p+1. The fraction of sp³-hybridized carbons (Fsp3) is 0.480. The van der Waals surface area contributed by atoms with E-state index in [-0.39, 0.29) is 5.91 Å². The predicted octanol–water partition coefficient (Wildman–Crippen LogP) is 4.02. The minimum atomic E-state index is -0.574. The Morgan fingerprint density at radius 1 is 1.10 bits per heavy atom. The Labute approximate surface area is 179 Å². The molecule has 0 radical (unpaired) electrons. The second kappa shape index (κ2) is 8.40. The molecule has 1 unspecified atom stereocenters. The van der Waals surface area contributed by atoms with E-state index in [0.29, 0.717) is 19.1 Å². The largest absolute Gasteiger partial charge is 0.492 e. The monoisotopic (exact) mass is 409 g/mol. The van der Waals surface area contributed by atoms with Crippen molar-refractivity contribution in [1.29, 1.82) is 0 Å². The van der Waals surface area contributed by atoms with Crippen LogP contribution in [0.5, 0.6) is 5.75 Å². The average Bonchev–Trinajstić information content (AvgIpc) is 2.75. The number of anilines is 1. The van der Waals surface area contributed by atoms with Gasteiger partial charge in [-0.25, -0.2) is 0 Å². The van der Waals surface area contributed by atoms with E-state index in [0.717, 1.165) is 54.1 Å². The number of para-hydroxylation sites is 1. The number of ether oxygens (including phenoxy) is 2. The van der Waals surface area contributed by atoms with E-state index in [9.17, 15) is 4.79 Å². The number of hydrogen-bond donors (Lipinski definition) is 1. The van der Waals surface area contributed by atoms with Gasteiger partial charge in [-0.05, 0) is 37.1 Å². The lowest BCUT2D eigenvalue weighted by Gasteiger charge is -2.40. The number of rotatable bonds is 5. The number of benzene rings is 2. The summed E-state index contributed by atoms with van der Waals surface area (Å²) in [6, 6.07) is 16.9. The van der Waals surface area contributed by atoms with Crippen LogP contribution in [-0.2, 0) is 22.5 Å². The van der Waals surface area contributed by atoms with Gasteiger partial charge in [-0.15, -0.1) is 0 Å². The molecule has 160 valence electrons. The maximum Gasteiger partial charge on any atom is 0.234 e. The van der Waals surface area contributed by atoms with Crippen LogP contribution in [0.3, 0.4) is 0 Å². The summed E-state index contributed by atoms with van der Waals surface area (Å²) in [7, 11) is 4.60. The fourth-order valence-electron chi connectivity index (χ4n) is 4.60. The van der Waals surface area contributed by atoms with Gasteiger partial charge in [-0.2, -0.15) is 0 Å². The molecule has 0 spiro atoms. The quantitative estimate of drug-likeness (QED) is 0.759. The van der Waals surface area contributed by atoms with Crippen molar-refractivity contribution in [3.05, 3.63) is 59.7 Å². The smallest absolute Gasteiger partial charge is 0.234 e. The first-order valence-electron chi connectivity index (χ1n) is 10.9. The third-order valence-corrected chi connectivity index (χ3v) is 6.63. The third kappa shape index (κ3) is 4.52. The molecule has 4 rings (SSSR count). The van der Waals surface area contributed by atoms with Gasteiger partial charge in [-0.3, -0.25) is 4.79 Å². The van der Waals surface area contributed by atoms with Crippen molar-refractivity contribution in [2.45, 2.75) is 38.8 Å². The maximum atomic E-state index is 13.0. The molecule has 0 aromatic heterocycles. The number of hydrogen-bond acceptors (Lipinski definition) is 3. The predicted molar refractivity (Wildman–Crippen MR) is 118 cm³/mol. The molecule has 0 saturated carbocycles. The Morgan fingerprint density at radius 3 is 2.53 bits per heavy atom. The Morgan fingerprint density at radius 2 is 1.80 bits per heavy atom. The normalized spacial score (nSPS) is 22.1. The second-order valence-corrected chi connectivity index (χ2v) is 9.57. The van der Waals surface area contributed by atoms with Gasteiger partial charge in [-0.1, -0.05) is 30.3 Å². The Balaban J connectivity index is 1.38. The number of amides is 1. The van der Waals surface area contributed by atoms with Crippen LogP contribution < -0.4 is 10.1 Å². The number of carbonyl (C=O) groups excluding carboxylic acids is 1. The van der Waals surface area contributed by atoms with E-state index in [4.69, 9.17) is 9.47 Å². The lowest BCUT2D eigenvalue weighted by molar-refractivity contribution is -0.929. The molecule has 1 amide bonds. The highest BCUT2D eigenvalue weighted by Gasteiger charge is 2.38. The number of fused-ring (bicyclic) bond motifs is 1. The molecule has 1 N–H and O–H groups in total. The highest BCUT2D eigenvalue weighted by Crippen LogP contribution is 2.35. The molecule has 2 aromatic carbocycles. The molecule has 2 heterocycles. The van der Waals surface area contributed by atoms with Gasteiger partial charge in [0.25, 0.3) is 0 Å². The molecule has 5 nitrogen and oxygen atoms in total. The van der Waals surface area contributed by atoms with E-state index < -0.39 is 5.41 Å². The molecule has 2 aromatic rings. The lowest BCUT2D eigenvalue weighted by atomic mass is 9.81. The van der Waals surface area contributed by atoms with E-state index in [1.54, 1.807) is 0 Å². The van der Waals surface area contributed by atoms with E-state index in [2.05, 4.69) is 31.5 Å². The molecule has 0 aliphatic carbocycles. The van der Waals surface area contributed by atoms with Gasteiger partial charge in [0.1, 0.15) is 18.9 Å². The van der Waals surface area contributed by atoms with E-state index in [1.165, 1.54) is 5.56 Å². The van der Waals surface area contributed by atoms with Crippen LogP contribution in [0.2, 0.25) is 0 Å². The van der Waals surface area contributed by atoms with Crippen LogP contribution in [0, 0.1) is 5.41 Å². The molecule has 1 fully saturated rings. The highest BCUT2D eigenvalue weighted by atomic mass is 16.5. The van der Waals surface area contributed by atoms with E-state index >= 15 is 0 Å². The first kappa shape index (κ1) is 20.9. The summed E-state index contributed by atoms with van der Waals surface area (Å²) in [4.78, 5) is 13.0. The summed E-state index contributed by atoms with van der Waals surface area (Å²) >= 11 is 0. The highest BCUT2D eigenvalue weighted by molar-refractivity contribution is 5.95. The molecule has 2 aliphatic heterocycles. The molecular formula is C25H33N2O3+. The van der Waals surface area contributed by atoms with Crippen molar-refractivity contribution < 1.29 is 18.8 Å². The zero-order chi connectivity index (χ0) is 21.2. The summed E-state index contributed by atoms with van der Waals surface area (Å²) in [6.45, 7) is 5.07. The summed E-state index contributed by atoms with van der Waals surface area (Å²) in [5, 5.41) is 3.10. The first-order valence-corrected chi connectivity index (χ1v) is 10.9. The minimum Gasteiger partial charge on any atom is -0.492 e. The van der Waals surface area contributed by atoms with Crippen LogP contribution in [0.1, 0.15) is 30.9 Å². The summed E-state index contributed by atoms with van der Waals surface area (Å²) in [5.41, 5.74) is 2.63.